The molecule has 14 heavy (non-hydrogen) atoms. The summed E-state index contributed by atoms with van der Waals surface area (Å²) < 4.78 is 0. The van der Waals surface area contributed by atoms with Crippen LogP contribution in [0.4, 0.5) is 0 Å². The van der Waals surface area contributed by atoms with E-state index in [1.54, 1.807) is 0 Å². The molecule has 1 aliphatic carbocycles. The largest absolute Gasteiger partial charge is 0.328 e. The second-order valence-electron chi connectivity index (χ2n) is 2.97. The van der Waals surface area contributed by atoms with Crippen molar-refractivity contribution < 1.29 is 19.8 Å². The molecule has 0 aromatic rings. The average molecular weight is 207 g/mol. The zero-order valence-electron chi connectivity index (χ0n) is 7.07. The Kier molecular flexibility index (Phi) is 3.02. The zero-order chi connectivity index (χ0) is 10.7. The smallest absolute Gasteiger partial charge is 0.294 e. The Morgan fingerprint density at radius 3 is 1.71 bits per heavy atom. The van der Waals surface area contributed by atoms with Crippen LogP contribution in [0.3, 0.4) is 0 Å². The van der Waals surface area contributed by atoms with Crippen LogP contribution in [-0.2, 0) is 9.68 Å². The summed E-state index contributed by atoms with van der Waals surface area (Å²) in [5.74, 6) is 0. The van der Waals surface area contributed by atoms with E-state index in [0.717, 1.165) is 0 Å². The van der Waals surface area contributed by atoms with E-state index < -0.39 is 22.4 Å². The highest BCUT2D eigenvalue weighted by atomic mass is 17.0. The molecule has 0 aromatic carbocycles. The van der Waals surface area contributed by atoms with Gasteiger partial charge in [-0.2, -0.15) is 0 Å². The second-order valence-corrected chi connectivity index (χ2v) is 2.97. The molecule has 1 rings (SSSR count). The highest BCUT2D eigenvalue weighted by molar-refractivity contribution is 4.86. The lowest BCUT2D eigenvalue weighted by molar-refractivity contribution is -0.797. The van der Waals surface area contributed by atoms with Gasteiger partial charge in [-0.15, -0.1) is 20.2 Å². The van der Waals surface area contributed by atoms with Gasteiger partial charge in [-0.25, -0.2) is 0 Å². The van der Waals surface area contributed by atoms with Crippen molar-refractivity contribution in [2.75, 3.05) is 0 Å². The molecule has 2 unspecified atom stereocenters. The third kappa shape index (κ3) is 2.69. The lowest BCUT2D eigenvalue weighted by Crippen LogP contribution is -2.30. The number of nitrogens with zero attached hydrogens (tertiary/aromatic N) is 2. The van der Waals surface area contributed by atoms with Crippen LogP contribution in [0.5, 0.6) is 0 Å². The first kappa shape index (κ1) is 10.4. The minimum absolute atomic E-state index is 0.180. The van der Waals surface area contributed by atoms with Gasteiger partial charge in [0.15, 0.2) is 0 Å². The van der Waals surface area contributed by atoms with Crippen LogP contribution in [0, 0.1) is 20.2 Å². The predicted octanol–water partition coefficient (Wildman–Crippen LogP) is -0.739. The summed E-state index contributed by atoms with van der Waals surface area (Å²) in [4.78, 5) is 28.4. The monoisotopic (exact) mass is 207 g/mol. The molecular formula is C5H9N3O6. The average Bonchev–Trinajstić information content (AvgIpc) is 2.28. The van der Waals surface area contributed by atoms with Crippen LogP contribution in [-0.4, -0.2) is 28.4 Å². The molecule has 0 aliphatic heterocycles. The Balaban J connectivity index is 2.53. The SMILES string of the molecule is NC1CC(O[N+](=O)[O-])[C@@H](O[N+](=O)[O-])C1. The summed E-state index contributed by atoms with van der Waals surface area (Å²) >= 11 is 0. The summed E-state index contributed by atoms with van der Waals surface area (Å²) in [6.07, 6.45) is -1.55. The van der Waals surface area contributed by atoms with Crippen molar-refractivity contribution >= 4 is 0 Å². The van der Waals surface area contributed by atoms with Gasteiger partial charge in [0, 0.05) is 6.04 Å². The van der Waals surface area contributed by atoms with Crippen molar-refractivity contribution in [2.45, 2.75) is 31.1 Å². The highest BCUT2D eigenvalue weighted by Gasteiger charge is 2.37. The van der Waals surface area contributed by atoms with Crippen molar-refractivity contribution in [1.29, 1.82) is 0 Å². The van der Waals surface area contributed by atoms with Crippen molar-refractivity contribution in [3.05, 3.63) is 20.2 Å². The summed E-state index contributed by atoms with van der Waals surface area (Å²) in [6.45, 7) is 0. The molecular weight excluding hydrogens is 198 g/mol. The minimum atomic E-state index is -1.00. The van der Waals surface area contributed by atoms with E-state index >= 15 is 0 Å². The zero-order valence-corrected chi connectivity index (χ0v) is 7.07. The predicted molar refractivity (Wildman–Crippen MR) is 40.9 cm³/mol. The fraction of sp³-hybridized carbons (Fsp3) is 1.00. The Morgan fingerprint density at radius 2 is 1.43 bits per heavy atom. The van der Waals surface area contributed by atoms with Crippen LogP contribution in [0.1, 0.15) is 12.8 Å². The third-order valence-electron chi connectivity index (χ3n) is 1.93. The molecule has 9 nitrogen and oxygen atoms in total. The molecule has 0 radical (unpaired) electrons. The van der Waals surface area contributed by atoms with Gasteiger partial charge in [-0.05, 0) is 12.8 Å². The minimum Gasteiger partial charge on any atom is -0.328 e. The first-order valence-corrected chi connectivity index (χ1v) is 3.87. The van der Waals surface area contributed by atoms with Crippen molar-refractivity contribution in [3.8, 4) is 0 Å². The van der Waals surface area contributed by atoms with Crippen molar-refractivity contribution in [2.24, 2.45) is 5.73 Å². The Morgan fingerprint density at radius 1 is 1.07 bits per heavy atom. The topological polar surface area (TPSA) is 131 Å². The van der Waals surface area contributed by atoms with Gasteiger partial charge in [-0.1, -0.05) is 0 Å². The Labute approximate surface area is 78.0 Å². The van der Waals surface area contributed by atoms with Crippen molar-refractivity contribution in [3.63, 3.8) is 0 Å². The van der Waals surface area contributed by atoms with Crippen LogP contribution in [0.25, 0.3) is 0 Å². The molecule has 1 saturated carbocycles. The molecule has 9 heteroatoms. The molecule has 80 valence electrons. The number of rotatable bonds is 4. The maximum absolute atomic E-state index is 10.0. The van der Waals surface area contributed by atoms with E-state index in [1.165, 1.54) is 0 Å². The lowest BCUT2D eigenvalue weighted by Gasteiger charge is -2.14. The standard InChI is InChI=1S/C5H9N3O6/c6-3-1-4(13-7(9)10)5(2-3)14-8(11)12/h3-5H,1-2,6H2/t3?,4-,5?/m0/s1. The molecule has 0 aromatic heterocycles. The number of hydrogen-bond acceptors (Lipinski definition) is 7. The quantitative estimate of drug-likeness (QED) is 0.474. The summed E-state index contributed by atoms with van der Waals surface area (Å²) in [5, 5.41) is 18.0. The van der Waals surface area contributed by atoms with Gasteiger partial charge in [0.25, 0.3) is 10.2 Å². The van der Waals surface area contributed by atoms with E-state index in [9.17, 15) is 20.2 Å². The molecule has 1 fully saturated rings. The molecule has 0 spiro atoms. The van der Waals surface area contributed by atoms with E-state index in [0.29, 0.717) is 0 Å². The van der Waals surface area contributed by atoms with Gasteiger partial charge in [0.2, 0.25) is 0 Å². The van der Waals surface area contributed by atoms with Gasteiger partial charge in [-0.3, -0.25) is 0 Å². The second kappa shape index (κ2) is 4.05. The van der Waals surface area contributed by atoms with Gasteiger partial charge in [0.1, 0.15) is 12.2 Å². The molecule has 0 bridgehead atoms. The molecule has 0 amide bonds. The summed E-state index contributed by atoms with van der Waals surface area (Å²) in [5.41, 5.74) is 5.46. The molecule has 3 atom stereocenters. The van der Waals surface area contributed by atoms with Crippen LogP contribution < -0.4 is 5.73 Å². The van der Waals surface area contributed by atoms with Gasteiger partial charge >= 0.3 is 0 Å². The van der Waals surface area contributed by atoms with Crippen LogP contribution in [0.2, 0.25) is 0 Å². The number of nitrogens with two attached hydrogens (primary N) is 1. The van der Waals surface area contributed by atoms with Gasteiger partial charge in [0.05, 0.1) is 0 Å². The van der Waals surface area contributed by atoms with Gasteiger partial charge < -0.3 is 15.4 Å². The fourth-order valence-corrected chi connectivity index (χ4v) is 1.44. The first-order valence-electron chi connectivity index (χ1n) is 3.87. The van der Waals surface area contributed by atoms with E-state index in [2.05, 4.69) is 9.68 Å². The third-order valence-corrected chi connectivity index (χ3v) is 1.93. The Hall–Kier alpha value is -1.64. The molecule has 2 N–H and O–H groups in total. The maximum Gasteiger partial charge on any atom is 0.294 e. The lowest BCUT2D eigenvalue weighted by atomic mass is 10.3. The molecule has 0 saturated heterocycles. The number of hydrogen-bond donors (Lipinski definition) is 1. The summed E-state index contributed by atoms with van der Waals surface area (Å²) in [7, 11) is 0. The highest BCUT2D eigenvalue weighted by Crippen LogP contribution is 2.24. The molecule has 0 heterocycles. The molecule has 1 aliphatic rings. The van der Waals surface area contributed by atoms with Crippen LogP contribution in [0.15, 0.2) is 0 Å². The van der Waals surface area contributed by atoms with Crippen LogP contribution >= 0.6 is 0 Å². The van der Waals surface area contributed by atoms with Crippen molar-refractivity contribution in [1.82, 2.24) is 0 Å². The fourth-order valence-electron chi connectivity index (χ4n) is 1.44. The maximum atomic E-state index is 10.0. The summed E-state index contributed by atoms with van der Waals surface area (Å²) in [6, 6.07) is -0.370. The van der Waals surface area contributed by atoms with E-state index in [1.807, 2.05) is 0 Å². The van der Waals surface area contributed by atoms with E-state index in [-0.39, 0.29) is 18.9 Å². The van der Waals surface area contributed by atoms with E-state index in [4.69, 9.17) is 5.73 Å². The first-order chi connectivity index (χ1) is 6.49. The Bertz CT molecular complexity index is 222. The normalized spacial score (nSPS) is 31.1.